The molecule has 136 valence electrons. The summed E-state index contributed by atoms with van der Waals surface area (Å²) < 4.78 is 11.3. The van der Waals surface area contributed by atoms with E-state index in [1.807, 2.05) is 35.8 Å². The van der Waals surface area contributed by atoms with Gasteiger partial charge in [-0.1, -0.05) is 31.5 Å². The average molecular weight is 363 g/mol. The van der Waals surface area contributed by atoms with Gasteiger partial charge in [-0.3, -0.25) is 4.79 Å². The Hall–Kier alpha value is -2.34. The maximum absolute atomic E-state index is 9.00. The van der Waals surface area contributed by atoms with E-state index in [2.05, 4.69) is 23.4 Å². The molecule has 0 aliphatic heterocycles. The number of carboxylic acids is 1. The van der Waals surface area contributed by atoms with Crippen molar-refractivity contribution in [2.45, 2.75) is 32.8 Å². The molecule has 1 aromatic carbocycles. The Bertz CT molecular complexity index is 610. The number of carboxylic acid groups (broad SMARTS) is 1. The fourth-order valence-electron chi connectivity index (χ4n) is 2.24. The molecular weight excluding hydrogens is 338 g/mol. The number of aliphatic carboxylic acids is 1. The number of para-hydroxylation sites is 1. The summed E-state index contributed by atoms with van der Waals surface area (Å²) in [7, 11) is 1.66. The van der Waals surface area contributed by atoms with E-state index in [1.54, 1.807) is 24.7 Å². The molecule has 1 N–H and O–H groups in total. The third-order valence-electron chi connectivity index (χ3n) is 3.22. The molecule has 6 heteroatoms. The number of hydrogen-bond acceptors (Lipinski definition) is 5. The highest BCUT2D eigenvalue weighted by Crippen LogP contribution is 2.32. The van der Waals surface area contributed by atoms with Gasteiger partial charge in [0.05, 0.1) is 24.6 Å². The Labute approximate surface area is 152 Å². The fraction of sp³-hybridized carbons (Fsp3) is 0.368. The van der Waals surface area contributed by atoms with E-state index in [-0.39, 0.29) is 12.0 Å². The van der Waals surface area contributed by atoms with Crippen molar-refractivity contribution in [2.75, 3.05) is 7.11 Å². The van der Waals surface area contributed by atoms with Crippen LogP contribution < -0.4 is 4.74 Å². The number of thiazole rings is 1. The molecule has 0 amide bonds. The van der Waals surface area contributed by atoms with E-state index in [9.17, 15) is 0 Å². The van der Waals surface area contributed by atoms with E-state index >= 15 is 0 Å². The predicted octanol–water partition coefficient (Wildman–Crippen LogP) is 4.93. The van der Waals surface area contributed by atoms with Crippen LogP contribution >= 0.6 is 11.3 Å². The quantitative estimate of drug-likeness (QED) is 0.674. The van der Waals surface area contributed by atoms with Crippen LogP contribution in [0.2, 0.25) is 0 Å². The molecule has 0 saturated carbocycles. The summed E-state index contributed by atoms with van der Waals surface area (Å²) in [6.07, 6.45) is 5.81. The summed E-state index contributed by atoms with van der Waals surface area (Å²) in [5, 5.41) is 9.47. The molecule has 0 bridgehead atoms. The second kappa shape index (κ2) is 12.1. The minimum absolute atomic E-state index is 0.0926. The number of nitrogens with zero attached hydrogens (tertiary/aromatic N) is 1. The van der Waals surface area contributed by atoms with Crippen LogP contribution in [0, 0.1) is 5.92 Å². The molecule has 0 aliphatic rings. The van der Waals surface area contributed by atoms with Crippen molar-refractivity contribution in [3.05, 3.63) is 59.3 Å². The van der Waals surface area contributed by atoms with Crippen molar-refractivity contribution < 1.29 is 19.4 Å². The number of methoxy groups -OCH3 is 1. The second-order valence-corrected chi connectivity index (χ2v) is 6.02. The summed E-state index contributed by atoms with van der Waals surface area (Å²) in [4.78, 5) is 13.4. The lowest BCUT2D eigenvalue weighted by atomic mass is 9.95. The summed E-state index contributed by atoms with van der Waals surface area (Å²) in [6.45, 7) is 3.26. The molecule has 2 aromatic rings. The highest BCUT2D eigenvalue weighted by Gasteiger charge is 2.24. The molecule has 2 atom stereocenters. The lowest BCUT2D eigenvalue weighted by molar-refractivity contribution is -0.134. The summed E-state index contributed by atoms with van der Waals surface area (Å²) >= 11 is 1.59. The van der Waals surface area contributed by atoms with Gasteiger partial charge in [0.2, 0.25) is 0 Å². The molecule has 2 unspecified atom stereocenters. The van der Waals surface area contributed by atoms with Gasteiger partial charge >= 0.3 is 0 Å². The lowest BCUT2D eigenvalue weighted by Crippen LogP contribution is -2.18. The third kappa shape index (κ3) is 8.35. The Kier molecular flexibility index (Phi) is 10.0. The average Bonchev–Trinajstić information content (AvgIpc) is 3.11. The van der Waals surface area contributed by atoms with Gasteiger partial charge in [0.15, 0.2) is 0 Å². The molecule has 1 heterocycles. The maximum Gasteiger partial charge on any atom is 0.300 e. The Morgan fingerprint density at radius 3 is 2.56 bits per heavy atom. The SMILES string of the molecule is CC(=O)O.CCCC(C=COC)C(Oc1ccccc1)c1cscn1. The second-order valence-electron chi connectivity index (χ2n) is 5.30. The van der Waals surface area contributed by atoms with Gasteiger partial charge in [0, 0.05) is 18.2 Å². The first-order valence-corrected chi connectivity index (χ1v) is 9.01. The van der Waals surface area contributed by atoms with Gasteiger partial charge in [0.25, 0.3) is 5.97 Å². The summed E-state index contributed by atoms with van der Waals surface area (Å²) in [6, 6.07) is 9.89. The molecular formula is C19H25NO4S. The standard InChI is InChI=1S/C17H21NO2S.C2H4O2/c1-3-7-14(10-11-19-2)17(16-12-21-13-18-16)20-15-8-5-4-6-9-15;1-2(3)4/h4-6,8-14,17H,3,7H2,1-2H3;1H3,(H,3,4). The van der Waals surface area contributed by atoms with Crippen molar-refractivity contribution in [1.82, 2.24) is 4.98 Å². The van der Waals surface area contributed by atoms with Crippen LogP contribution in [0.3, 0.4) is 0 Å². The highest BCUT2D eigenvalue weighted by molar-refractivity contribution is 7.07. The zero-order valence-electron chi connectivity index (χ0n) is 14.8. The molecule has 0 aliphatic carbocycles. The van der Waals surface area contributed by atoms with Crippen LogP contribution in [0.15, 0.2) is 53.6 Å². The summed E-state index contributed by atoms with van der Waals surface area (Å²) in [5.41, 5.74) is 2.82. The van der Waals surface area contributed by atoms with Crippen molar-refractivity contribution in [2.24, 2.45) is 5.92 Å². The number of hydrogen-bond donors (Lipinski definition) is 1. The van der Waals surface area contributed by atoms with E-state index in [0.717, 1.165) is 31.2 Å². The molecule has 0 spiro atoms. The smallest absolute Gasteiger partial charge is 0.300 e. The van der Waals surface area contributed by atoms with E-state index in [0.29, 0.717) is 0 Å². The van der Waals surface area contributed by atoms with Gasteiger partial charge in [-0.25, -0.2) is 4.98 Å². The van der Waals surface area contributed by atoms with Gasteiger partial charge < -0.3 is 14.6 Å². The number of ether oxygens (including phenoxy) is 2. The predicted molar refractivity (Wildman–Crippen MR) is 99.8 cm³/mol. The molecule has 0 saturated heterocycles. The Balaban J connectivity index is 0.000000705. The van der Waals surface area contributed by atoms with Gasteiger partial charge in [0.1, 0.15) is 11.9 Å². The third-order valence-corrected chi connectivity index (χ3v) is 3.83. The first kappa shape index (κ1) is 20.7. The molecule has 5 nitrogen and oxygen atoms in total. The lowest BCUT2D eigenvalue weighted by Gasteiger charge is -2.24. The van der Waals surface area contributed by atoms with Gasteiger partial charge in [-0.15, -0.1) is 11.3 Å². The zero-order valence-corrected chi connectivity index (χ0v) is 15.6. The minimum atomic E-state index is -0.833. The van der Waals surface area contributed by atoms with Gasteiger partial charge in [-0.05, 0) is 24.6 Å². The van der Waals surface area contributed by atoms with Crippen LogP contribution in [0.4, 0.5) is 0 Å². The van der Waals surface area contributed by atoms with Crippen molar-refractivity contribution in [3.8, 4) is 5.75 Å². The molecule has 25 heavy (non-hydrogen) atoms. The first-order valence-electron chi connectivity index (χ1n) is 8.07. The van der Waals surface area contributed by atoms with Gasteiger partial charge in [-0.2, -0.15) is 0 Å². The molecule has 1 aromatic heterocycles. The number of benzene rings is 1. The van der Waals surface area contributed by atoms with Crippen LogP contribution in [0.25, 0.3) is 0 Å². The monoisotopic (exact) mass is 363 g/mol. The summed E-state index contributed by atoms with van der Waals surface area (Å²) in [5.74, 6) is 0.264. The largest absolute Gasteiger partial charge is 0.505 e. The van der Waals surface area contributed by atoms with Crippen molar-refractivity contribution >= 4 is 17.3 Å². The first-order chi connectivity index (χ1) is 12.1. The molecule has 0 radical (unpaired) electrons. The van der Waals surface area contributed by atoms with Crippen molar-refractivity contribution in [1.29, 1.82) is 0 Å². The van der Waals surface area contributed by atoms with E-state index in [4.69, 9.17) is 19.4 Å². The fourth-order valence-corrected chi connectivity index (χ4v) is 2.81. The number of aromatic nitrogens is 1. The number of rotatable bonds is 8. The molecule has 0 fully saturated rings. The zero-order chi connectivity index (χ0) is 18.5. The van der Waals surface area contributed by atoms with Crippen LogP contribution in [-0.4, -0.2) is 23.2 Å². The van der Waals surface area contributed by atoms with E-state index < -0.39 is 5.97 Å². The highest BCUT2D eigenvalue weighted by atomic mass is 32.1. The Morgan fingerprint density at radius 1 is 1.36 bits per heavy atom. The van der Waals surface area contributed by atoms with Crippen molar-refractivity contribution in [3.63, 3.8) is 0 Å². The Morgan fingerprint density at radius 2 is 2.04 bits per heavy atom. The van der Waals surface area contributed by atoms with Crippen LogP contribution in [0.1, 0.15) is 38.5 Å². The minimum Gasteiger partial charge on any atom is -0.505 e. The number of carbonyl (C=O) groups is 1. The molecule has 2 rings (SSSR count). The van der Waals surface area contributed by atoms with Crippen LogP contribution in [0.5, 0.6) is 5.75 Å². The normalized spacial score (nSPS) is 12.8. The van der Waals surface area contributed by atoms with E-state index in [1.165, 1.54) is 0 Å². The van der Waals surface area contributed by atoms with Crippen LogP contribution in [-0.2, 0) is 9.53 Å². The maximum atomic E-state index is 9.00. The topological polar surface area (TPSA) is 68.7 Å².